The Morgan fingerprint density at radius 1 is 1.22 bits per heavy atom. The van der Waals surface area contributed by atoms with Crippen LogP contribution in [0.4, 0.5) is 0 Å². The SMILES string of the molecule is O=C(c1cn(CC[C@@H]2CCCCN2)nn1)N1CC=C(c2ccccc2)CC1. The molecule has 2 aromatic rings. The summed E-state index contributed by atoms with van der Waals surface area (Å²) in [5, 5.41) is 11.8. The molecule has 0 unspecified atom stereocenters. The van der Waals surface area contributed by atoms with E-state index in [2.05, 4.69) is 46.0 Å². The van der Waals surface area contributed by atoms with Gasteiger partial charge in [-0.05, 0) is 43.4 Å². The molecule has 0 saturated carbocycles. The third kappa shape index (κ3) is 4.45. The summed E-state index contributed by atoms with van der Waals surface area (Å²) in [5.41, 5.74) is 3.00. The summed E-state index contributed by atoms with van der Waals surface area (Å²) in [7, 11) is 0. The van der Waals surface area contributed by atoms with Gasteiger partial charge < -0.3 is 10.2 Å². The smallest absolute Gasteiger partial charge is 0.276 e. The molecule has 2 aliphatic heterocycles. The second kappa shape index (κ2) is 8.48. The highest BCUT2D eigenvalue weighted by Crippen LogP contribution is 2.22. The van der Waals surface area contributed by atoms with E-state index in [0.717, 1.165) is 32.5 Å². The molecular formula is C21H27N5O. The highest BCUT2D eigenvalue weighted by atomic mass is 16.2. The minimum atomic E-state index is -0.0274. The fraction of sp³-hybridized carbons (Fsp3) is 0.476. The van der Waals surface area contributed by atoms with Gasteiger partial charge in [-0.25, -0.2) is 0 Å². The van der Waals surface area contributed by atoms with E-state index in [9.17, 15) is 4.79 Å². The number of aromatic nitrogens is 3. The fourth-order valence-corrected chi connectivity index (χ4v) is 3.89. The zero-order valence-corrected chi connectivity index (χ0v) is 15.7. The van der Waals surface area contributed by atoms with E-state index in [-0.39, 0.29) is 5.91 Å². The van der Waals surface area contributed by atoms with Crippen molar-refractivity contribution >= 4 is 11.5 Å². The van der Waals surface area contributed by atoms with Crippen molar-refractivity contribution in [1.29, 1.82) is 0 Å². The molecule has 2 aliphatic rings. The Morgan fingerprint density at radius 2 is 2.11 bits per heavy atom. The highest BCUT2D eigenvalue weighted by Gasteiger charge is 2.22. The molecule has 27 heavy (non-hydrogen) atoms. The number of amides is 1. The lowest BCUT2D eigenvalue weighted by Gasteiger charge is -2.25. The first-order valence-corrected chi connectivity index (χ1v) is 9.97. The fourth-order valence-electron chi connectivity index (χ4n) is 3.89. The molecule has 1 aromatic heterocycles. The Balaban J connectivity index is 1.32. The molecule has 0 spiro atoms. The summed E-state index contributed by atoms with van der Waals surface area (Å²) in [6, 6.07) is 10.9. The molecule has 0 radical (unpaired) electrons. The Labute approximate surface area is 160 Å². The van der Waals surface area contributed by atoms with Crippen molar-refractivity contribution in [2.24, 2.45) is 0 Å². The van der Waals surface area contributed by atoms with Gasteiger partial charge in [-0.2, -0.15) is 0 Å². The van der Waals surface area contributed by atoms with E-state index in [1.807, 2.05) is 11.0 Å². The van der Waals surface area contributed by atoms with Gasteiger partial charge in [0.25, 0.3) is 5.91 Å². The molecule has 1 amide bonds. The van der Waals surface area contributed by atoms with Gasteiger partial charge in [-0.1, -0.05) is 48.0 Å². The first-order chi connectivity index (χ1) is 13.3. The maximum atomic E-state index is 12.7. The Bertz CT molecular complexity index is 792. The molecule has 1 N–H and O–H groups in total. The van der Waals surface area contributed by atoms with Crippen LogP contribution in [0.1, 0.15) is 48.2 Å². The number of nitrogens with zero attached hydrogens (tertiary/aromatic N) is 4. The van der Waals surface area contributed by atoms with Crippen molar-refractivity contribution in [2.45, 2.75) is 44.7 Å². The second-order valence-electron chi connectivity index (χ2n) is 7.40. The van der Waals surface area contributed by atoms with Crippen molar-refractivity contribution in [1.82, 2.24) is 25.2 Å². The largest absolute Gasteiger partial charge is 0.333 e. The number of piperidine rings is 1. The zero-order chi connectivity index (χ0) is 18.5. The molecular weight excluding hydrogens is 338 g/mol. The quantitative estimate of drug-likeness (QED) is 0.885. The van der Waals surface area contributed by atoms with Crippen molar-refractivity contribution in [2.75, 3.05) is 19.6 Å². The molecule has 1 fully saturated rings. The van der Waals surface area contributed by atoms with Gasteiger partial charge in [0.05, 0.1) is 6.20 Å². The van der Waals surface area contributed by atoms with E-state index < -0.39 is 0 Å². The lowest BCUT2D eigenvalue weighted by atomic mass is 9.99. The Hall–Kier alpha value is -2.47. The van der Waals surface area contributed by atoms with Crippen molar-refractivity contribution in [3.63, 3.8) is 0 Å². The van der Waals surface area contributed by atoms with Crippen molar-refractivity contribution in [3.05, 3.63) is 53.9 Å². The zero-order valence-electron chi connectivity index (χ0n) is 15.7. The molecule has 6 heteroatoms. The van der Waals surface area contributed by atoms with Gasteiger partial charge in [-0.3, -0.25) is 9.48 Å². The lowest BCUT2D eigenvalue weighted by molar-refractivity contribution is 0.0767. The van der Waals surface area contributed by atoms with E-state index in [4.69, 9.17) is 0 Å². The summed E-state index contributed by atoms with van der Waals surface area (Å²) in [4.78, 5) is 14.6. The van der Waals surface area contributed by atoms with Crippen LogP contribution in [0.3, 0.4) is 0 Å². The third-order valence-corrected chi connectivity index (χ3v) is 5.52. The third-order valence-electron chi connectivity index (χ3n) is 5.52. The summed E-state index contributed by atoms with van der Waals surface area (Å²) in [5.74, 6) is -0.0274. The van der Waals surface area contributed by atoms with Gasteiger partial charge >= 0.3 is 0 Å². The number of benzene rings is 1. The van der Waals surface area contributed by atoms with Crippen LogP contribution in [0.2, 0.25) is 0 Å². The number of hydrogen-bond acceptors (Lipinski definition) is 4. The average Bonchev–Trinajstić information content (AvgIpc) is 3.22. The van der Waals surface area contributed by atoms with Crippen LogP contribution in [-0.2, 0) is 6.54 Å². The Morgan fingerprint density at radius 3 is 2.85 bits per heavy atom. The van der Waals surface area contributed by atoms with Crippen LogP contribution in [0.25, 0.3) is 5.57 Å². The number of carbonyl (C=O) groups excluding carboxylic acids is 1. The summed E-state index contributed by atoms with van der Waals surface area (Å²) in [6.07, 6.45) is 9.64. The van der Waals surface area contributed by atoms with Crippen LogP contribution in [0, 0.1) is 0 Å². The first kappa shape index (κ1) is 17.9. The molecule has 0 bridgehead atoms. The molecule has 0 aliphatic carbocycles. The summed E-state index contributed by atoms with van der Waals surface area (Å²) < 4.78 is 1.80. The first-order valence-electron chi connectivity index (χ1n) is 9.97. The van der Waals surface area contributed by atoms with Gasteiger partial charge in [0, 0.05) is 25.7 Å². The van der Waals surface area contributed by atoms with E-state index in [0.29, 0.717) is 18.3 Å². The predicted octanol–water partition coefficient (Wildman–Crippen LogP) is 2.74. The van der Waals surface area contributed by atoms with E-state index >= 15 is 0 Å². The number of hydrogen-bond donors (Lipinski definition) is 1. The molecule has 1 aromatic carbocycles. The van der Waals surface area contributed by atoms with Crippen LogP contribution in [0.15, 0.2) is 42.6 Å². The molecule has 4 rings (SSSR count). The average molecular weight is 365 g/mol. The maximum Gasteiger partial charge on any atom is 0.276 e. The predicted molar refractivity (Wildman–Crippen MR) is 105 cm³/mol. The minimum absolute atomic E-state index is 0.0274. The van der Waals surface area contributed by atoms with Crippen LogP contribution >= 0.6 is 0 Å². The topological polar surface area (TPSA) is 63.1 Å². The van der Waals surface area contributed by atoms with Crippen LogP contribution in [0.5, 0.6) is 0 Å². The van der Waals surface area contributed by atoms with Crippen LogP contribution < -0.4 is 5.32 Å². The summed E-state index contributed by atoms with van der Waals surface area (Å²) in [6.45, 7) is 3.26. The number of rotatable bonds is 5. The molecule has 1 saturated heterocycles. The van der Waals surface area contributed by atoms with E-state index in [1.165, 1.54) is 30.4 Å². The summed E-state index contributed by atoms with van der Waals surface area (Å²) >= 11 is 0. The molecule has 6 nitrogen and oxygen atoms in total. The molecule has 142 valence electrons. The van der Waals surface area contributed by atoms with Gasteiger partial charge in [-0.15, -0.1) is 5.10 Å². The van der Waals surface area contributed by atoms with Crippen LogP contribution in [-0.4, -0.2) is 51.5 Å². The standard InChI is InChI=1S/C21H27N5O/c27-21(25-13-9-18(10-14-25)17-6-2-1-3-7-17)20-16-26(24-23-20)15-11-19-8-4-5-12-22-19/h1-3,6-7,9,16,19,22H,4-5,8,10-15H2/t19-/m0/s1. The van der Waals surface area contributed by atoms with Gasteiger partial charge in [0.15, 0.2) is 5.69 Å². The lowest BCUT2D eigenvalue weighted by Crippen LogP contribution is -2.35. The minimum Gasteiger partial charge on any atom is -0.333 e. The monoisotopic (exact) mass is 365 g/mol. The Kier molecular flexibility index (Phi) is 5.63. The maximum absolute atomic E-state index is 12.7. The highest BCUT2D eigenvalue weighted by molar-refractivity contribution is 5.92. The molecule has 3 heterocycles. The van der Waals surface area contributed by atoms with Gasteiger partial charge in [0.2, 0.25) is 0 Å². The normalized spacial score (nSPS) is 20.4. The number of nitrogens with one attached hydrogen (secondary N) is 1. The number of aryl methyl sites for hydroxylation is 1. The molecule has 1 atom stereocenters. The van der Waals surface area contributed by atoms with Crippen molar-refractivity contribution in [3.8, 4) is 0 Å². The van der Waals surface area contributed by atoms with Crippen molar-refractivity contribution < 1.29 is 4.79 Å². The van der Waals surface area contributed by atoms with E-state index in [1.54, 1.807) is 10.9 Å². The second-order valence-corrected chi connectivity index (χ2v) is 7.40. The van der Waals surface area contributed by atoms with Gasteiger partial charge in [0.1, 0.15) is 0 Å². The number of carbonyl (C=O) groups is 1.